The molecule has 3 rings (SSSR count). The van der Waals surface area contributed by atoms with Gasteiger partial charge < -0.3 is 0 Å². The van der Waals surface area contributed by atoms with Crippen molar-refractivity contribution in [3.63, 3.8) is 0 Å². The van der Waals surface area contributed by atoms with Gasteiger partial charge in [-0.25, -0.2) is 0 Å². The summed E-state index contributed by atoms with van der Waals surface area (Å²) in [6, 6.07) is 0. The highest BCUT2D eigenvalue weighted by molar-refractivity contribution is 5.27. The summed E-state index contributed by atoms with van der Waals surface area (Å²) in [4.78, 5) is 0. The molecule has 0 saturated heterocycles. The van der Waals surface area contributed by atoms with Crippen molar-refractivity contribution in [1.29, 1.82) is 0 Å². The van der Waals surface area contributed by atoms with Gasteiger partial charge in [-0.1, -0.05) is 37.1 Å². The molecule has 2 bridgehead atoms. The van der Waals surface area contributed by atoms with Gasteiger partial charge in [0.2, 0.25) is 0 Å². The van der Waals surface area contributed by atoms with Gasteiger partial charge in [0, 0.05) is 0 Å². The Balaban J connectivity index is 1.81. The summed E-state index contributed by atoms with van der Waals surface area (Å²) in [6.07, 6.45) is 10.8. The number of hydrogen-bond acceptors (Lipinski definition) is 0. The highest BCUT2D eigenvalue weighted by atomic mass is 14.5. The van der Waals surface area contributed by atoms with Crippen LogP contribution in [0.25, 0.3) is 0 Å². The molecule has 3 aliphatic carbocycles. The van der Waals surface area contributed by atoms with Gasteiger partial charge in [-0.05, 0) is 75.0 Å². The molecule has 0 N–H and O–H groups in total. The van der Waals surface area contributed by atoms with E-state index in [-0.39, 0.29) is 0 Å². The molecule has 0 nitrogen and oxygen atoms in total. The van der Waals surface area contributed by atoms with E-state index in [1.807, 2.05) is 5.57 Å². The Bertz CT molecular complexity index is 383. The van der Waals surface area contributed by atoms with Gasteiger partial charge in [-0.3, -0.25) is 0 Å². The van der Waals surface area contributed by atoms with Crippen LogP contribution in [-0.2, 0) is 0 Å². The Morgan fingerprint density at radius 1 is 1.11 bits per heavy atom. The minimum absolute atomic E-state index is 0.831. The maximum Gasteiger partial charge on any atom is -0.0169 e. The Hall–Kier alpha value is -0.520. The van der Waals surface area contributed by atoms with Crippen molar-refractivity contribution >= 4 is 0 Å². The van der Waals surface area contributed by atoms with Crippen molar-refractivity contribution in [1.82, 2.24) is 0 Å². The average Bonchev–Trinajstić information content (AvgIpc) is 2.99. The maximum absolute atomic E-state index is 2.55. The number of hydrogen-bond donors (Lipinski definition) is 0. The molecule has 6 atom stereocenters. The van der Waals surface area contributed by atoms with Crippen LogP contribution < -0.4 is 0 Å². The van der Waals surface area contributed by atoms with Crippen LogP contribution in [0.4, 0.5) is 0 Å². The summed E-state index contributed by atoms with van der Waals surface area (Å²) in [7, 11) is 0. The van der Waals surface area contributed by atoms with Crippen molar-refractivity contribution in [3.8, 4) is 0 Å². The van der Waals surface area contributed by atoms with Crippen LogP contribution >= 0.6 is 0 Å². The molecule has 0 aliphatic heterocycles. The smallest absolute Gasteiger partial charge is 0.0169 e. The van der Waals surface area contributed by atoms with E-state index in [1.54, 1.807) is 5.57 Å². The second-order valence-corrected chi connectivity index (χ2v) is 7.23. The highest BCUT2D eigenvalue weighted by Gasteiger charge is 2.50. The van der Waals surface area contributed by atoms with Crippen molar-refractivity contribution in [3.05, 3.63) is 23.3 Å². The van der Waals surface area contributed by atoms with Gasteiger partial charge in [-0.15, -0.1) is 0 Å². The summed E-state index contributed by atoms with van der Waals surface area (Å²) in [5.74, 6) is 5.61. The molecule has 0 heteroatoms. The molecule has 0 radical (unpaired) electrons. The second kappa shape index (κ2) is 4.54. The average molecular weight is 244 g/mol. The molecule has 6 unspecified atom stereocenters. The van der Waals surface area contributed by atoms with Gasteiger partial charge in [0.25, 0.3) is 0 Å². The summed E-state index contributed by atoms with van der Waals surface area (Å²) >= 11 is 0. The second-order valence-electron chi connectivity index (χ2n) is 7.23. The van der Waals surface area contributed by atoms with E-state index in [9.17, 15) is 0 Å². The van der Waals surface area contributed by atoms with E-state index in [0.717, 1.165) is 35.5 Å². The summed E-state index contributed by atoms with van der Waals surface area (Å²) in [6.45, 7) is 9.46. The number of rotatable bonds is 2. The minimum atomic E-state index is 0.831. The third-order valence-corrected chi connectivity index (χ3v) is 5.92. The summed E-state index contributed by atoms with van der Waals surface area (Å²) in [5, 5.41) is 0. The van der Waals surface area contributed by atoms with Gasteiger partial charge in [0.05, 0.1) is 0 Å². The lowest BCUT2D eigenvalue weighted by atomic mass is 9.70. The molecular weight excluding hydrogens is 216 g/mol. The molecule has 0 amide bonds. The van der Waals surface area contributed by atoms with E-state index in [1.165, 1.54) is 25.7 Å². The van der Waals surface area contributed by atoms with Crippen LogP contribution in [-0.4, -0.2) is 0 Å². The van der Waals surface area contributed by atoms with Crippen molar-refractivity contribution in [2.45, 2.75) is 53.4 Å². The van der Waals surface area contributed by atoms with E-state index in [0.29, 0.717) is 0 Å². The molecular formula is C18H28. The first-order chi connectivity index (χ1) is 8.61. The van der Waals surface area contributed by atoms with Crippen molar-refractivity contribution in [2.24, 2.45) is 35.5 Å². The lowest BCUT2D eigenvalue weighted by molar-refractivity contribution is 0.217. The third-order valence-electron chi connectivity index (χ3n) is 5.92. The van der Waals surface area contributed by atoms with Crippen LogP contribution in [0.1, 0.15) is 53.4 Å². The zero-order chi connectivity index (χ0) is 12.9. The molecule has 0 aromatic heterocycles. The molecule has 0 spiro atoms. The normalized spacial score (nSPS) is 46.1. The Labute approximate surface area is 113 Å². The van der Waals surface area contributed by atoms with Crippen molar-refractivity contribution in [2.75, 3.05) is 0 Å². The fourth-order valence-corrected chi connectivity index (χ4v) is 5.38. The minimum Gasteiger partial charge on any atom is -0.0854 e. The lowest BCUT2D eigenvalue weighted by Crippen LogP contribution is -2.27. The molecule has 0 aromatic carbocycles. The maximum atomic E-state index is 2.55. The lowest BCUT2D eigenvalue weighted by Gasteiger charge is -2.35. The molecule has 0 aromatic rings. The fraction of sp³-hybridized carbons (Fsp3) is 0.778. The number of allylic oxidation sites excluding steroid dienone is 4. The van der Waals surface area contributed by atoms with E-state index >= 15 is 0 Å². The third kappa shape index (κ3) is 1.80. The molecule has 2 saturated carbocycles. The summed E-state index contributed by atoms with van der Waals surface area (Å²) in [5.41, 5.74) is 3.48. The zero-order valence-electron chi connectivity index (χ0n) is 12.4. The zero-order valence-corrected chi connectivity index (χ0v) is 12.4. The predicted molar refractivity (Wildman–Crippen MR) is 78.3 cm³/mol. The van der Waals surface area contributed by atoms with Gasteiger partial charge in [-0.2, -0.15) is 0 Å². The first-order valence-corrected chi connectivity index (χ1v) is 7.97. The monoisotopic (exact) mass is 244 g/mol. The largest absolute Gasteiger partial charge is 0.0854 e. The predicted octanol–water partition coefficient (Wildman–Crippen LogP) is 5.22. The highest BCUT2D eigenvalue weighted by Crippen LogP contribution is 2.60. The fourth-order valence-electron chi connectivity index (χ4n) is 5.38. The van der Waals surface area contributed by atoms with Crippen molar-refractivity contribution < 1.29 is 0 Å². The van der Waals surface area contributed by atoms with Gasteiger partial charge in [0.1, 0.15) is 0 Å². The Morgan fingerprint density at radius 3 is 2.39 bits per heavy atom. The molecule has 18 heavy (non-hydrogen) atoms. The van der Waals surface area contributed by atoms with Crippen LogP contribution in [0.2, 0.25) is 0 Å². The molecule has 2 fully saturated rings. The Morgan fingerprint density at radius 2 is 1.83 bits per heavy atom. The summed E-state index contributed by atoms with van der Waals surface area (Å²) < 4.78 is 0. The van der Waals surface area contributed by atoms with Crippen LogP contribution in [0.3, 0.4) is 0 Å². The van der Waals surface area contributed by atoms with E-state index in [4.69, 9.17) is 0 Å². The molecule has 0 heterocycles. The van der Waals surface area contributed by atoms with Crippen LogP contribution in [0, 0.1) is 35.5 Å². The SMILES string of the molecule is CCC1C(=C(C)C)C2CC(C3C=CC(C)C3)C1C2. The Kier molecular flexibility index (Phi) is 3.16. The van der Waals surface area contributed by atoms with Crippen LogP contribution in [0.5, 0.6) is 0 Å². The van der Waals surface area contributed by atoms with E-state index < -0.39 is 0 Å². The molecule has 3 aliphatic rings. The standard InChI is InChI=1S/C18H28/c1-5-15-17-10-14(18(15)11(2)3)9-16(17)13-7-6-12(4)8-13/h6-7,12-17H,5,8-10H2,1-4H3. The van der Waals surface area contributed by atoms with Crippen LogP contribution in [0.15, 0.2) is 23.3 Å². The number of fused-ring (bicyclic) bond motifs is 2. The molecule has 100 valence electrons. The quantitative estimate of drug-likeness (QED) is 0.584. The first kappa shape index (κ1) is 12.5. The van der Waals surface area contributed by atoms with Gasteiger partial charge in [0.15, 0.2) is 0 Å². The van der Waals surface area contributed by atoms with Gasteiger partial charge >= 0.3 is 0 Å². The topological polar surface area (TPSA) is 0 Å². The first-order valence-electron chi connectivity index (χ1n) is 7.97. The van der Waals surface area contributed by atoms with E-state index in [2.05, 4.69) is 39.8 Å².